The van der Waals surface area contributed by atoms with Gasteiger partial charge in [0.1, 0.15) is 0 Å². The zero-order valence-corrected chi connectivity index (χ0v) is 9.64. The van der Waals surface area contributed by atoms with E-state index in [4.69, 9.17) is 5.11 Å². The van der Waals surface area contributed by atoms with Crippen LogP contribution >= 0.6 is 0 Å². The van der Waals surface area contributed by atoms with E-state index in [0.29, 0.717) is 5.56 Å². The van der Waals surface area contributed by atoms with Gasteiger partial charge in [0, 0.05) is 23.2 Å². The Bertz CT molecular complexity index is 445. The molecule has 0 saturated heterocycles. The number of nitro groups is 1. The van der Waals surface area contributed by atoms with E-state index < -0.39 is 10.8 Å². The Morgan fingerprint density at radius 2 is 2.24 bits per heavy atom. The number of hydrogen-bond acceptors (Lipinski definition) is 4. The van der Waals surface area contributed by atoms with E-state index in [1.165, 1.54) is 18.2 Å². The van der Waals surface area contributed by atoms with Gasteiger partial charge in [-0.25, -0.2) is 0 Å². The maximum Gasteiger partial charge on any atom is 0.273 e. The smallest absolute Gasteiger partial charge is 0.273 e. The summed E-state index contributed by atoms with van der Waals surface area (Å²) in [7, 11) is 0. The fraction of sp³-hybridized carbons (Fsp3) is 0.364. The van der Waals surface area contributed by atoms with Crippen LogP contribution in [-0.2, 0) is 0 Å². The van der Waals surface area contributed by atoms with Crippen LogP contribution in [0.25, 0.3) is 0 Å². The second kappa shape index (κ2) is 5.40. The van der Waals surface area contributed by atoms with E-state index in [-0.39, 0.29) is 23.9 Å². The van der Waals surface area contributed by atoms with Crippen molar-refractivity contribution < 1.29 is 14.8 Å². The molecule has 0 aliphatic heterocycles. The summed E-state index contributed by atoms with van der Waals surface area (Å²) in [5, 5.41) is 22.0. The number of aliphatic hydroxyl groups is 1. The van der Waals surface area contributed by atoms with Crippen LogP contribution in [0.3, 0.4) is 0 Å². The number of benzene rings is 1. The molecule has 6 heteroatoms. The summed E-state index contributed by atoms with van der Waals surface area (Å²) >= 11 is 0. The summed E-state index contributed by atoms with van der Waals surface area (Å²) in [6.07, 6.45) is 0. The maximum atomic E-state index is 11.7. The minimum Gasteiger partial charge on any atom is -0.394 e. The molecule has 0 unspecified atom stereocenters. The predicted octanol–water partition coefficient (Wildman–Crippen LogP) is 1.01. The first kappa shape index (κ1) is 13.1. The molecule has 0 radical (unpaired) electrons. The van der Waals surface area contributed by atoms with Crippen molar-refractivity contribution in [2.45, 2.75) is 19.9 Å². The maximum absolute atomic E-state index is 11.7. The molecule has 0 aliphatic carbocycles. The van der Waals surface area contributed by atoms with Gasteiger partial charge in [0.05, 0.1) is 11.5 Å². The number of aliphatic hydroxyl groups excluding tert-OH is 1. The minimum absolute atomic E-state index is 0.0886. The fourth-order valence-electron chi connectivity index (χ4n) is 1.30. The number of rotatable bonds is 4. The van der Waals surface area contributed by atoms with Crippen molar-refractivity contribution in [3.8, 4) is 0 Å². The van der Waals surface area contributed by atoms with Gasteiger partial charge in [-0.1, -0.05) is 6.07 Å². The van der Waals surface area contributed by atoms with Gasteiger partial charge < -0.3 is 10.4 Å². The molecule has 0 saturated carbocycles. The van der Waals surface area contributed by atoms with Crippen LogP contribution in [0.15, 0.2) is 18.2 Å². The van der Waals surface area contributed by atoms with Crippen molar-refractivity contribution in [2.24, 2.45) is 0 Å². The van der Waals surface area contributed by atoms with Gasteiger partial charge in [0.2, 0.25) is 0 Å². The third kappa shape index (κ3) is 3.25. The second-order valence-corrected chi connectivity index (χ2v) is 3.82. The first-order chi connectivity index (χ1) is 7.95. The zero-order valence-electron chi connectivity index (χ0n) is 9.64. The quantitative estimate of drug-likeness (QED) is 0.605. The van der Waals surface area contributed by atoms with E-state index in [0.717, 1.165) is 0 Å². The molecule has 1 amide bonds. The molecule has 6 nitrogen and oxygen atoms in total. The molecule has 17 heavy (non-hydrogen) atoms. The van der Waals surface area contributed by atoms with Gasteiger partial charge in [-0.15, -0.1) is 0 Å². The van der Waals surface area contributed by atoms with Crippen molar-refractivity contribution >= 4 is 11.6 Å². The van der Waals surface area contributed by atoms with Gasteiger partial charge in [-0.2, -0.15) is 0 Å². The Morgan fingerprint density at radius 1 is 1.59 bits per heavy atom. The number of aryl methyl sites for hydroxylation is 1. The molecule has 0 aromatic heterocycles. The van der Waals surface area contributed by atoms with Crippen LogP contribution in [0, 0.1) is 17.0 Å². The van der Waals surface area contributed by atoms with E-state index in [9.17, 15) is 14.9 Å². The predicted molar refractivity (Wildman–Crippen MR) is 61.8 cm³/mol. The van der Waals surface area contributed by atoms with Crippen molar-refractivity contribution in [1.29, 1.82) is 0 Å². The molecule has 2 N–H and O–H groups in total. The molecular weight excluding hydrogens is 224 g/mol. The largest absolute Gasteiger partial charge is 0.394 e. The lowest BCUT2D eigenvalue weighted by Gasteiger charge is -2.10. The van der Waals surface area contributed by atoms with Crippen LogP contribution in [0.4, 0.5) is 5.69 Å². The van der Waals surface area contributed by atoms with Crippen molar-refractivity contribution in [3.05, 3.63) is 39.4 Å². The first-order valence-electron chi connectivity index (χ1n) is 5.12. The number of hydrogen-bond donors (Lipinski definition) is 2. The molecule has 0 spiro atoms. The average molecular weight is 238 g/mol. The summed E-state index contributed by atoms with van der Waals surface area (Å²) in [4.78, 5) is 21.8. The number of nitrogens with one attached hydrogen (secondary N) is 1. The standard InChI is InChI=1S/C11H14N2O4/c1-7-3-4-9(5-10(7)13(16)17)11(15)12-8(2)6-14/h3-5,8,14H,6H2,1-2H3,(H,12,15)/t8-/m1/s1. The van der Waals surface area contributed by atoms with Crippen LogP contribution < -0.4 is 5.32 Å². The normalized spacial score (nSPS) is 11.9. The highest BCUT2D eigenvalue weighted by molar-refractivity contribution is 5.95. The summed E-state index contributed by atoms with van der Waals surface area (Å²) in [6.45, 7) is 3.07. The van der Waals surface area contributed by atoms with E-state index >= 15 is 0 Å². The van der Waals surface area contributed by atoms with Gasteiger partial charge in [0.25, 0.3) is 11.6 Å². The Hall–Kier alpha value is -1.95. The lowest BCUT2D eigenvalue weighted by molar-refractivity contribution is -0.385. The summed E-state index contributed by atoms with van der Waals surface area (Å²) in [5.74, 6) is -0.436. The Labute approximate surface area is 98.4 Å². The van der Waals surface area contributed by atoms with E-state index in [1.54, 1.807) is 13.8 Å². The molecule has 0 fully saturated rings. The average Bonchev–Trinajstić information content (AvgIpc) is 2.28. The van der Waals surface area contributed by atoms with Crippen LogP contribution in [0.5, 0.6) is 0 Å². The molecule has 92 valence electrons. The molecule has 0 bridgehead atoms. The Morgan fingerprint density at radius 3 is 2.76 bits per heavy atom. The highest BCUT2D eigenvalue weighted by Gasteiger charge is 2.15. The van der Waals surface area contributed by atoms with Gasteiger partial charge >= 0.3 is 0 Å². The monoisotopic (exact) mass is 238 g/mol. The van der Waals surface area contributed by atoms with Crippen molar-refractivity contribution in [2.75, 3.05) is 6.61 Å². The molecular formula is C11H14N2O4. The third-order valence-electron chi connectivity index (χ3n) is 2.32. The van der Waals surface area contributed by atoms with Crippen LogP contribution in [0.2, 0.25) is 0 Å². The lowest BCUT2D eigenvalue weighted by atomic mass is 10.1. The third-order valence-corrected chi connectivity index (χ3v) is 2.32. The number of amides is 1. The van der Waals surface area contributed by atoms with Gasteiger partial charge in [-0.05, 0) is 19.9 Å². The van der Waals surface area contributed by atoms with Crippen molar-refractivity contribution in [1.82, 2.24) is 5.32 Å². The zero-order chi connectivity index (χ0) is 13.0. The Kier molecular flexibility index (Phi) is 4.17. The second-order valence-electron chi connectivity index (χ2n) is 3.82. The molecule has 1 atom stereocenters. The molecule has 0 aliphatic rings. The number of nitro benzene ring substituents is 1. The summed E-state index contributed by atoms with van der Waals surface area (Å²) < 4.78 is 0. The van der Waals surface area contributed by atoms with Gasteiger partial charge in [-0.3, -0.25) is 14.9 Å². The van der Waals surface area contributed by atoms with E-state index in [1.807, 2.05) is 0 Å². The fourth-order valence-corrected chi connectivity index (χ4v) is 1.30. The lowest BCUT2D eigenvalue weighted by Crippen LogP contribution is -2.35. The molecule has 0 heterocycles. The highest BCUT2D eigenvalue weighted by Crippen LogP contribution is 2.19. The van der Waals surface area contributed by atoms with Crippen LogP contribution in [-0.4, -0.2) is 28.6 Å². The van der Waals surface area contributed by atoms with Crippen LogP contribution in [0.1, 0.15) is 22.8 Å². The summed E-state index contributed by atoms with van der Waals surface area (Å²) in [5.41, 5.74) is 0.624. The molecule has 1 aromatic carbocycles. The number of nitrogens with zero attached hydrogens (tertiary/aromatic N) is 1. The number of carbonyl (C=O) groups is 1. The van der Waals surface area contributed by atoms with Gasteiger partial charge in [0.15, 0.2) is 0 Å². The highest BCUT2D eigenvalue weighted by atomic mass is 16.6. The van der Waals surface area contributed by atoms with Crippen molar-refractivity contribution in [3.63, 3.8) is 0 Å². The van der Waals surface area contributed by atoms with E-state index in [2.05, 4.69) is 5.32 Å². The Balaban J connectivity index is 2.96. The molecule has 1 aromatic rings. The number of carbonyl (C=O) groups excluding carboxylic acids is 1. The molecule has 1 rings (SSSR count). The minimum atomic E-state index is -0.526. The first-order valence-corrected chi connectivity index (χ1v) is 5.12. The summed E-state index contributed by atoms with van der Waals surface area (Å²) in [6, 6.07) is 3.88. The topological polar surface area (TPSA) is 92.5 Å². The SMILES string of the molecule is Cc1ccc(C(=O)N[C@H](C)CO)cc1[N+](=O)[O-].